The minimum Gasteiger partial charge on any atom is -0.465 e. The maximum Gasteiger partial charge on any atom is 0.315 e. The largest absolute Gasteiger partial charge is 0.465 e. The van der Waals surface area contributed by atoms with Crippen molar-refractivity contribution in [2.45, 2.75) is 32.6 Å². The molecular weight excluding hydrogens is 288 g/mol. The van der Waals surface area contributed by atoms with E-state index in [4.69, 9.17) is 4.74 Å². The number of aryl methyl sites for hydroxylation is 3. The van der Waals surface area contributed by atoms with Crippen LogP contribution in [0.15, 0.2) is 6.20 Å². The highest BCUT2D eigenvalue weighted by Crippen LogP contribution is 2.39. The highest BCUT2D eigenvalue weighted by molar-refractivity contribution is 7.15. The molecular formula is C14H18N4O2S. The third-order valence-electron chi connectivity index (χ3n) is 3.54. The van der Waals surface area contributed by atoms with Gasteiger partial charge in [0.2, 0.25) is 0 Å². The third-order valence-corrected chi connectivity index (χ3v) is 4.59. The van der Waals surface area contributed by atoms with Gasteiger partial charge in [-0.3, -0.25) is 9.48 Å². The zero-order valence-corrected chi connectivity index (χ0v) is 13.2. The molecule has 6 nitrogen and oxygen atoms in total. The Morgan fingerprint density at radius 2 is 2.43 bits per heavy atom. The van der Waals surface area contributed by atoms with Gasteiger partial charge in [-0.2, -0.15) is 5.10 Å². The quantitative estimate of drug-likeness (QED) is 0.879. The summed E-state index contributed by atoms with van der Waals surface area (Å²) in [6.07, 6.45) is 3.62. The van der Waals surface area contributed by atoms with Crippen LogP contribution in [0, 0.1) is 6.92 Å². The molecule has 2 aromatic rings. The van der Waals surface area contributed by atoms with Crippen LogP contribution in [0.25, 0.3) is 0 Å². The van der Waals surface area contributed by atoms with Crippen LogP contribution >= 0.6 is 11.3 Å². The Balaban J connectivity index is 1.80. The molecule has 0 radical (unpaired) electrons. The minimum atomic E-state index is -0.207. The lowest BCUT2D eigenvalue weighted by atomic mass is 10.1. The Morgan fingerprint density at radius 3 is 3.10 bits per heavy atom. The Morgan fingerprint density at radius 1 is 1.62 bits per heavy atom. The van der Waals surface area contributed by atoms with E-state index in [0.29, 0.717) is 6.61 Å². The average Bonchev–Trinajstić information content (AvgIpc) is 3.05. The zero-order valence-electron chi connectivity index (χ0n) is 12.3. The van der Waals surface area contributed by atoms with E-state index in [-0.39, 0.29) is 11.9 Å². The van der Waals surface area contributed by atoms with E-state index in [2.05, 4.69) is 15.4 Å². The summed E-state index contributed by atoms with van der Waals surface area (Å²) in [6, 6.07) is 0. The second-order valence-electron chi connectivity index (χ2n) is 5.10. The summed E-state index contributed by atoms with van der Waals surface area (Å²) in [5, 5.41) is 8.39. The number of rotatable bonds is 4. The molecule has 1 N–H and O–H groups in total. The van der Waals surface area contributed by atoms with Crippen LogP contribution in [0.1, 0.15) is 35.5 Å². The number of nitrogens with zero attached hydrogens (tertiary/aromatic N) is 3. The van der Waals surface area contributed by atoms with Crippen LogP contribution in [0.3, 0.4) is 0 Å². The number of hydrogen-bond donors (Lipinski definition) is 1. The summed E-state index contributed by atoms with van der Waals surface area (Å²) in [7, 11) is 1.89. The number of carbonyl (C=O) groups excluding carboxylic acids is 1. The zero-order chi connectivity index (χ0) is 15.0. The minimum absolute atomic E-state index is 0.161. The van der Waals surface area contributed by atoms with Gasteiger partial charge >= 0.3 is 5.97 Å². The van der Waals surface area contributed by atoms with E-state index in [1.165, 1.54) is 4.88 Å². The van der Waals surface area contributed by atoms with Gasteiger partial charge in [-0.05, 0) is 26.7 Å². The van der Waals surface area contributed by atoms with Gasteiger partial charge in [0, 0.05) is 18.1 Å². The number of anilines is 2. The number of nitrogens with one attached hydrogen (secondary N) is 1. The van der Waals surface area contributed by atoms with E-state index < -0.39 is 0 Å². The van der Waals surface area contributed by atoms with Gasteiger partial charge < -0.3 is 10.1 Å². The molecule has 21 heavy (non-hydrogen) atoms. The molecule has 0 fully saturated rings. The van der Waals surface area contributed by atoms with E-state index in [1.807, 2.05) is 27.1 Å². The van der Waals surface area contributed by atoms with Gasteiger partial charge in [0.25, 0.3) is 0 Å². The molecule has 0 aromatic carbocycles. The summed E-state index contributed by atoms with van der Waals surface area (Å²) < 4.78 is 6.89. The molecule has 3 rings (SSSR count). The molecule has 1 atom stereocenters. The first-order chi connectivity index (χ1) is 10.1. The Labute approximate surface area is 127 Å². The van der Waals surface area contributed by atoms with Crippen molar-refractivity contribution in [2.24, 2.45) is 7.05 Å². The number of esters is 1. The fourth-order valence-corrected chi connectivity index (χ4v) is 3.64. The molecule has 1 aliphatic rings. The summed E-state index contributed by atoms with van der Waals surface area (Å²) in [5.74, 6) is -0.368. The van der Waals surface area contributed by atoms with Gasteiger partial charge in [-0.1, -0.05) is 0 Å². The van der Waals surface area contributed by atoms with Crippen LogP contribution in [-0.2, 0) is 23.0 Å². The highest BCUT2D eigenvalue weighted by atomic mass is 32.1. The van der Waals surface area contributed by atoms with Crippen molar-refractivity contribution >= 4 is 28.1 Å². The lowest BCUT2D eigenvalue weighted by molar-refractivity contribution is -0.145. The maximum absolute atomic E-state index is 11.9. The first-order valence-corrected chi connectivity index (χ1v) is 7.83. The van der Waals surface area contributed by atoms with Gasteiger partial charge in [0.15, 0.2) is 5.13 Å². The van der Waals surface area contributed by atoms with Crippen molar-refractivity contribution in [1.29, 1.82) is 0 Å². The smallest absolute Gasteiger partial charge is 0.315 e. The molecule has 2 heterocycles. The first kappa shape index (κ1) is 14.1. The van der Waals surface area contributed by atoms with Crippen molar-refractivity contribution < 1.29 is 9.53 Å². The first-order valence-electron chi connectivity index (χ1n) is 7.02. The summed E-state index contributed by atoms with van der Waals surface area (Å²) >= 11 is 1.61. The van der Waals surface area contributed by atoms with E-state index in [1.54, 1.807) is 16.0 Å². The van der Waals surface area contributed by atoms with Crippen molar-refractivity contribution in [3.8, 4) is 0 Å². The lowest BCUT2D eigenvalue weighted by Crippen LogP contribution is -2.14. The molecule has 0 saturated heterocycles. The molecule has 0 aliphatic heterocycles. The van der Waals surface area contributed by atoms with Crippen LogP contribution in [0.2, 0.25) is 0 Å². The SMILES string of the molecule is CCOC(=O)C1CCc2sc(Nc3cn(C)nc3C)nc21. The third kappa shape index (κ3) is 2.65. The van der Waals surface area contributed by atoms with Gasteiger partial charge in [0.1, 0.15) is 5.92 Å². The molecule has 0 saturated carbocycles. The van der Waals surface area contributed by atoms with E-state index >= 15 is 0 Å². The van der Waals surface area contributed by atoms with Gasteiger partial charge in [0.05, 0.1) is 23.7 Å². The van der Waals surface area contributed by atoms with Crippen LogP contribution in [0.4, 0.5) is 10.8 Å². The number of aromatic nitrogens is 3. The average molecular weight is 306 g/mol. The molecule has 2 aromatic heterocycles. The summed E-state index contributed by atoms with van der Waals surface area (Å²) in [6.45, 7) is 4.19. The normalized spacial score (nSPS) is 16.8. The molecule has 112 valence electrons. The Hall–Kier alpha value is -1.89. The monoisotopic (exact) mass is 306 g/mol. The van der Waals surface area contributed by atoms with Crippen LogP contribution in [0.5, 0.6) is 0 Å². The molecule has 0 bridgehead atoms. The van der Waals surface area contributed by atoms with Crippen LogP contribution < -0.4 is 5.32 Å². The molecule has 1 unspecified atom stereocenters. The van der Waals surface area contributed by atoms with Gasteiger partial charge in [-0.15, -0.1) is 11.3 Å². The molecule has 1 aliphatic carbocycles. The second kappa shape index (κ2) is 5.48. The highest BCUT2D eigenvalue weighted by Gasteiger charge is 2.33. The lowest BCUT2D eigenvalue weighted by Gasteiger charge is -2.07. The molecule has 0 amide bonds. The predicted molar refractivity (Wildman–Crippen MR) is 81.0 cm³/mol. The number of fused-ring (bicyclic) bond motifs is 1. The van der Waals surface area contributed by atoms with Crippen molar-refractivity contribution in [3.63, 3.8) is 0 Å². The number of carbonyl (C=O) groups is 1. The summed E-state index contributed by atoms with van der Waals surface area (Å²) in [5.41, 5.74) is 2.75. The standard InChI is InChI=1S/C14H18N4O2S/c1-4-20-13(19)9-5-6-11-12(9)16-14(21-11)15-10-7-18(3)17-8(10)2/h7,9H,4-6H2,1-3H3,(H,15,16). The molecule has 0 spiro atoms. The number of hydrogen-bond acceptors (Lipinski definition) is 6. The predicted octanol–water partition coefficient (Wildman–Crippen LogP) is 2.52. The Kier molecular flexibility index (Phi) is 3.67. The molecule has 7 heteroatoms. The van der Waals surface area contributed by atoms with Crippen molar-refractivity contribution in [3.05, 3.63) is 22.5 Å². The van der Waals surface area contributed by atoms with Gasteiger partial charge in [-0.25, -0.2) is 4.98 Å². The van der Waals surface area contributed by atoms with E-state index in [9.17, 15) is 4.79 Å². The number of ether oxygens (including phenoxy) is 1. The fraction of sp³-hybridized carbons (Fsp3) is 0.500. The van der Waals surface area contributed by atoms with E-state index in [0.717, 1.165) is 35.0 Å². The summed E-state index contributed by atoms with van der Waals surface area (Å²) in [4.78, 5) is 17.7. The fourth-order valence-electron chi connectivity index (χ4n) is 2.59. The van der Waals surface area contributed by atoms with Crippen LogP contribution in [-0.4, -0.2) is 27.3 Å². The Bertz CT molecular complexity index is 677. The van der Waals surface area contributed by atoms with Crippen molar-refractivity contribution in [2.75, 3.05) is 11.9 Å². The topological polar surface area (TPSA) is 69.0 Å². The van der Waals surface area contributed by atoms with Crippen molar-refractivity contribution in [1.82, 2.24) is 14.8 Å². The maximum atomic E-state index is 11.9. The second-order valence-corrected chi connectivity index (χ2v) is 6.18. The number of thiazole rings is 1.